The van der Waals surface area contributed by atoms with Gasteiger partial charge in [-0.3, -0.25) is 19.1 Å². The summed E-state index contributed by atoms with van der Waals surface area (Å²) in [6, 6.07) is 9.77. The highest BCUT2D eigenvalue weighted by Gasteiger charge is 2.56. The van der Waals surface area contributed by atoms with Gasteiger partial charge >= 0.3 is 0 Å². The van der Waals surface area contributed by atoms with Gasteiger partial charge in [0, 0.05) is 31.4 Å². The number of fused-ring (bicyclic) bond motifs is 3. The Bertz CT molecular complexity index is 1130. The molecule has 0 spiro atoms. The molecule has 1 aromatic carbocycles. The van der Waals surface area contributed by atoms with E-state index in [0.29, 0.717) is 42.5 Å². The van der Waals surface area contributed by atoms with Crippen molar-refractivity contribution in [3.05, 3.63) is 48.9 Å². The fourth-order valence-electron chi connectivity index (χ4n) is 4.35. The van der Waals surface area contributed by atoms with Crippen molar-refractivity contribution in [2.45, 2.75) is 31.7 Å². The number of rotatable bonds is 3. The molecule has 29 heavy (non-hydrogen) atoms. The first-order chi connectivity index (χ1) is 14.1. The van der Waals surface area contributed by atoms with Crippen LogP contribution in [-0.4, -0.2) is 43.9 Å². The summed E-state index contributed by atoms with van der Waals surface area (Å²) in [5, 5.41) is 0. The van der Waals surface area contributed by atoms with Crippen LogP contribution in [0.15, 0.2) is 48.9 Å². The van der Waals surface area contributed by atoms with Gasteiger partial charge in [0.15, 0.2) is 5.82 Å². The molecule has 1 fully saturated rings. The number of benzene rings is 1. The third kappa shape index (κ3) is 2.35. The van der Waals surface area contributed by atoms with Gasteiger partial charge in [0.25, 0.3) is 5.91 Å². The lowest BCUT2D eigenvalue weighted by molar-refractivity contribution is -0.126. The van der Waals surface area contributed by atoms with E-state index < -0.39 is 5.54 Å². The Morgan fingerprint density at radius 2 is 1.93 bits per heavy atom. The first kappa shape index (κ1) is 17.5. The molecule has 1 atom stereocenters. The maximum absolute atomic E-state index is 13.1. The van der Waals surface area contributed by atoms with Gasteiger partial charge in [-0.25, -0.2) is 9.97 Å². The number of hydrogen-bond acceptors (Lipinski definition) is 5. The smallest absolute Gasteiger partial charge is 0.253 e. The van der Waals surface area contributed by atoms with E-state index in [1.54, 1.807) is 40.0 Å². The zero-order chi connectivity index (χ0) is 20.2. The monoisotopic (exact) mass is 388 g/mol. The van der Waals surface area contributed by atoms with Gasteiger partial charge in [-0.15, -0.1) is 0 Å². The summed E-state index contributed by atoms with van der Waals surface area (Å²) in [5.41, 5.74) is 0.618. The fraction of sp³-hybridized carbons (Fsp3) is 0.286. The first-order valence-corrected chi connectivity index (χ1v) is 9.64. The number of aromatic nitrogens is 4. The van der Waals surface area contributed by atoms with Crippen LogP contribution in [0, 0.1) is 0 Å². The highest BCUT2D eigenvalue weighted by Crippen LogP contribution is 2.46. The Labute approximate surface area is 167 Å². The second-order valence-corrected chi connectivity index (χ2v) is 7.34. The highest BCUT2D eigenvalue weighted by molar-refractivity contribution is 6.16. The minimum atomic E-state index is -0.859. The van der Waals surface area contributed by atoms with Crippen LogP contribution in [0.4, 0.5) is 11.5 Å². The Morgan fingerprint density at radius 3 is 2.69 bits per heavy atom. The van der Waals surface area contributed by atoms with Crippen LogP contribution in [0.5, 0.6) is 0 Å². The Balaban J connectivity index is 1.68. The molecule has 5 rings (SSSR count). The SMILES string of the molecule is CC[C@@]12CCC(=O)N1c1nc(-n3ccnc3-c3ccccc3)ncc1N(C)C2=O. The molecule has 0 bridgehead atoms. The van der Waals surface area contributed by atoms with Crippen LogP contribution in [0.2, 0.25) is 0 Å². The molecule has 146 valence electrons. The molecule has 1 saturated heterocycles. The van der Waals surface area contributed by atoms with Crippen molar-refractivity contribution in [2.24, 2.45) is 0 Å². The van der Waals surface area contributed by atoms with Gasteiger partial charge in [0.05, 0.1) is 6.20 Å². The van der Waals surface area contributed by atoms with E-state index in [-0.39, 0.29) is 11.8 Å². The minimum Gasteiger partial charge on any atom is -0.309 e. The summed E-state index contributed by atoms with van der Waals surface area (Å²) in [5.74, 6) is 1.44. The van der Waals surface area contributed by atoms with Gasteiger partial charge in [-0.2, -0.15) is 4.98 Å². The molecule has 2 aromatic heterocycles. The molecule has 2 amide bonds. The van der Waals surface area contributed by atoms with E-state index in [2.05, 4.69) is 9.97 Å². The normalized spacial score (nSPS) is 20.8. The number of likely N-dealkylation sites (N-methyl/N-ethyl adjacent to an activating group) is 1. The zero-order valence-electron chi connectivity index (χ0n) is 16.2. The number of carbonyl (C=O) groups excluding carboxylic acids is 2. The molecule has 8 heteroatoms. The van der Waals surface area contributed by atoms with Gasteiger partial charge in [-0.05, 0) is 12.8 Å². The van der Waals surface area contributed by atoms with Crippen molar-refractivity contribution in [1.82, 2.24) is 19.5 Å². The molecular weight excluding hydrogens is 368 g/mol. The summed E-state index contributed by atoms with van der Waals surface area (Å²) in [6.07, 6.45) is 6.48. The lowest BCUT2D eigenvalue weighted by Gasteiger charge is -2.43. The van der Waals surface area contributed by atoms with E-state index in [0.717, 1.165) is 5.56 Å². The molecular formula is C21H20N6O2. The Morgan fingerprint density at radius 1 is 1.14 bits per heavy atom. The summed E-state index contributed by atoms with van der Waals surface area (Å²) >= 11 is 0. The average molecular weight is 388 g/mol. The lowest BCUT2D eigenvalue weighted by atomic mass is 9.89. The van der Waals surface area contributed by atoms with E-state index in [1.165, 1.54) is 0 Å². The lowest BCUT2D eigenvalue weighted by Crippen LogP contribution is -2.60. The van der Waals surface area contributed by atoms with Gasteiger partial charge in [0.2, 0.25) is 11.9 Å². The van der Waals surface area contributed by atoms with Crippen LogP contribution >= 0.6 is 0 Å². The van der Waals surface area contributed by atoms with Crippen molar-refractivity contribution in [2.75, 3.05) is 16.8 Å². The van der Waals surface area contributed by atoms with Gasteiger partial charge in [0.1, 0.15) is 17.1 Å². The molecule has 0 aliphatic carbocycles. The largest absolute Gasteiger partial charge is 0.309 e. The van der Waals surface area contributed by atoms with Crippen molar-refractivity contribution in [3.8, 4) is 17.3 Å². The molecule has 3 aromatic rings. The third-order valence-electron chi connectivity index (χ3n) is 5.92. The van der Waals surface area contributed by atoms with E-state index in [1.807, 2.05) is 37.3 Å². The molecule has 0 saturated carbocycles. The maximum Gasteiger partial charge on any atom is 0.253 e. The molecule has 8 nitrogen and oxygen atoms in total. The predicted octanol–water partition coefficient (Wildman–Crippen LogP) is 2.58. The maximum atomic E-state index is 13.1. The van der Waals surface area contributed by atoms with Crippen molar-refractivity contribution in [3.63, 3.8) is 0 Å². The summed E-state index contributed by atoms with van der Waals surface area (Å²) in [7, 11) is 1.72. The van der Waals surface area contributed by atoms with E-state index in [4.69, 9.17) is 4.98 Å². The molecule has 0 unspecified atom stereocenters. The van der Waals surface area contributed by atoms with Crippen molar-refractivity contribution in [1.29, 1.82) is 0 Å². The number of imidazole rings is 1. The predicted molar refractivity (Wildman–Crippen MR) is 108 cm³/mol. The molecule has 0 radical (unpaired) electrons. The number of amides is 2. The molecule has 4 heterocycles. The van der Waals surface area contributed by atoms with Crippen molar-refractivity contribution < 1.29 is 9.59 Å². The quantitative estimate of drug-likeness (QED) is 0.689. The van der Waals surface area contributed by atoms with Gasteiger partial charge < -0.3 is 4.90 Å². The standard InChI is InChI=1S/C21H20N6O2/c1-3-21-10-9-16(28)27(21)18-15(25(2)19(21)29)13-23-20(24-18)26-12-11-22-17(26)14-7-5-4-6-8-14/h4-8,11-13H,3,9-10H2,1-2H3/t21-/m0/s1. The third-order valence-corrected chi connectivity index (χ3v) is 5.92. The van der Waals surface area contributed by atoms with E-state index in [9.17, 15) is 9.59 Å². The number of nitrogens with zero attached hydrogens (tertiary/aromatic N) is 6. The molecule has 2 aliphatic rings. The second-order valence-electron chi connectivity index (χ2n) is 7.34. The van der Waals surface area contributed by atoms with Crippen LogP contribution < -0.4 is 9.80 Å². The Hall–Kier alpha value is -3.55. The molecule has 2 aliphatic heterocycles. The highest BCUT2D eigenvalue weighted by atomic mass is 16.2. The first-order valence-electron chi connectivity index (χ1n) is 9.64. The number of hydrogen-bond donors (Lipinski definition) is 0. The number of carbonyl (C=O) groups is 2. The van der Waals surface area contributed by atoms with Crippen molar-refractivity contribution >= 4 is 23.3 Å². The zero-order valence-corrected chi connectivity index (χ0v) is 16.2. The van der Waals surface area contributed by atoms with Gasteiger partial charge in [-0.1, -0.05) is 37.3 Å². The summed E-state index contributed by atoms with van der Waals surface area (Å²) < 4.78 is 1.79. The minimum absolute atomic E-state index is 0.0758. The van der Waals surface area contributed by atoms with E-state index >= 15 is 0 Å². The van der Waals surface area contributed by atoms with Crippen LogP contribution in [0.25, 0.3) is 17.3 Å². The summed E-state index contributed by atoms with van der Waals surface area (Å²) in [4.78, 5) is 42.7. The summed E-state index contributed by atoms with van der Waals surface area (Å²) in [6.45, 7) is 1.94. The van der Waals surface area contributed by atoms with Crippen LogP contribution in [-0.2, 0) is 9.59 Å². The average Bonchev–Trinajstić information content (AvgIpc) is 3.38. The Kier molecular flexibility index (Phi) is 3.77. The number of anilines is 2. The van der Waals surface area contributed by atoms with Crippen LogP contribution in [0.3, 0.4) is 0 Å². The molecule has 0 N–H and O–H groups in total. The second kappa shape index (κ2) is 6.23. The fourth-order valence-corrected chi connectivity index (χ4v) is 4.35. The topological polar surface area (TPSA) is 84.2 Å². The van der Waals surface area contributed by atoms with Crippen LogP contribution in [0.1, 0.15) is 26.2 Å².